The second-order valence-corrected chi connectivity index (χ2v) is 6.30. The van der Waals surface area contributed by atoms with Gasteiger partial charge < -0.3 is 14.7 Å². The number of anilines is 1. The summed E-state index contributed by atoms with van der Waals surface area (Å²) in [7, 11) is 1.58. The SMILES string of the molecule is COCC[C@]1(O)CCN(c2cc(C(F)(F)F)cc(C)n2)C[C@H]1C. The van der Waals surface area contributed by atoms with Gasteiger partial charge in [-0.15, -0.1) is 0 Å². The molecule has 1 saturated heterocycles. The third-order valence-electron chi connectivity index (χ3n) is 4.56. The number of hydrogen-bond donors (Lipinski definition) is 1. The van der Waals surface area contributed by atoms with Crippen LogP contribution in [0.25, 0.3) is 0 Å². The van der Waals surface area contributed by atoms with Crippen molar-refractivity contribution in [3.05, 3.63) is 23.4 Å². The van der Waals surface area contributed by atoms with Gasteiger partial charge in [0.25, 0.3) is 0 Å². The molecule has 1 aliphatic heterocycles. The van der Waals surface area contributed by atoms with Crippen LogP contribution in [-0.4, -0.2) is 42.5 Å². The molecule has 0 spiro atoms. The van der Waals surface area contributed by atoms with Crippen LogP contribution in [0.2, 0.25) is 0 Å². The van der Waals surface area contributed by atoms with Gasteiger partial charge in [-0.2, -0.15) is 13.2 Å². The van der Waals surface area contributed by atoms with E-state index in [1.807, 2.05) is 11.8 Å². The van der Waals surface area contributed by atoms with Crippen LogP contribution in [0.3, 0.4) is 0 Å². The van der Waals surface area contributed by atoms with E-state index in [1.165, 1.54) is 0 Å². The lowest BCUT2D eigenvalue weighted by atomic mass is 9.80. The first kappa shape index (κ1) is 18.0. The molecule has 0 bridgehead atoms. The van der Waals surface area contributed by atoms with E-state index in [1.54, 1.807) is 14.0 Å². The van der Waals surface area contributed by atoms with E-state index in [0.29, 0.717) is 44.0 Å². The predicted molar refractivity (Wildman–Crippen MR) is 81.4 cm³/mol. The Morgan fingerprint density at radius 3 is 2.70 bits per heavy atom. The zero-order chi connectivity index (χ0) is 17.3. The number of ether oxygens (including phenoxy) is 1. The second kappa shape index (κ2) is 6.65. The van der Waals surface area contributed by atoms with E-state index >= 15 is 0 Å². The maximum absolute atomic E-state index is 13.0. The number of alkyl halides is 3. The first-order chi connectivity index (χ1) is 10.7. The molecule has 130 valence electrons. The van der Waals surface area contributed by atoms with Gasteiger partial charge in [-0.25, -0.2) is 4.98 Å². The average molecular weight is 332 g/mol. The van der Waals surface area contributed by atoms with Crippen molar-refractivity contribution in [1.29, 1.82) is 0 Å². The van der Waals surface area contributed by atoms with Crippen LogP contribution in [0.15, 0.2) is 12.1 Å². The number of rotatable bonds is 4. The molecule has 4 nitrogen and oxygen atoms in total. The molecular weight excluding hydrogens is 309 g/mol. The van der Waals surface area contributed by atoms with Crippen LogP contribution in [0.1, 0.15) is 31.0 Å². The molecule has 0 aliphatic carbocycles. The normalized spacial score (nSPS) is 25.7. The Morgan fingerprint density at radius 1 is 1.43 bits per heavy atom. The lowest BCUT2D eigenvalue weighted by Crippen LogP contribution is -2.51. The number of halogens is 3. The Hall–Kier alpha value is -1.34. The number of nitrogens with zero attached hydrogens (tertiary/aromatic N) is 2. The van der Waals surface area contributed by atoms with Gasteiger partial charge in [-0.1, -0.05) is 6.92 Å². The molecule has 2 atom stereocenters. The highest BCUT2D eigenvalue weighted by Crippen LogP contribution is 2.35. The highest BCUT2D eigenvalue weighted by atomic mass is 19.4. The van der Waals surface area contributed by atoms with Gasteiger partial charge in [0.2, 0.25) is 0 Å². The van der Waals surface area contributed by atoms with Gasteiger partial charge in [0.15, 0.2) is 0 Å². The maximum Gasteiger partial charge on any atom is 0.416 e. The molecule has 0 aromatic carbocycles. The zero-order valence-electron chi connectivity index (χ0n) is 13.7. The van der Waals surface area contributed by atoms with Crippen LogP contribution >= 0.6 is 0 Å². The molecule has 1 aromatic heterocycles. The van der Waals surface area contributed by atoms with Crippen molar-refractivity contribution < 1.29 is 23.0 Å². The summed E-state index contributed by atoms with van der Waals surface area (Å²) in [6, 6.07) is 2.13. The van der Waals surface area contributed by atoms with Crippen LogP contribution in [0.4, 0.5) is 19.0 Å². The first-order valence-electron chi connectivity index (χ1n) is 7.68. The van der Waals surface area contributed by atoms with Crippen LogP contribution in [-0.2, 0) is 10.9 Å². The van der Waals surface area contributed by atoms with Gasteiger partial charge in [-0.05, 0) is 31.9 Å². The minimum Gasteiger partial charge on any atom is -0.389 e. The van der Waals surface area contributed by atoms with Crippen molar-refractivity contribution in [3.8, 4) is 0 Å². The second-order valence-electron chi connectivity index (χ2n) is 6.30. The number of aryl methyl sites for hydroxylation is 1. The molecule has 0 unspecified atom stereocenters. The number of hydrogen-bond acceptors (Lipinski definition) is 4. The Balaban J connectivity index is 2.17. The minimum atomic E-state index is -4.39. The summed E-state index contributed by atoms with van der Waals surface area (Å²) in [5.74, 6) is 0.237. The summed E-state index contributed by atoms with van der Waals surface area (Å²) in [4.78, 5) is 6.05. The molecule has 1 N–H and O–H groups in total. The summed E-state index contributed by atoms with van der Waals surface area (Å²) >= 11 is 0. The molecule has 1 aromatic rings. The maximum atomic E-state index is 13.0. The summed E-state index contributed by atoms with van der Waals surface area (Å²) in [6.07, 6.45) is -3.38. The van der Waals surface area contributed by atoms with Gasteiger partial charge in [0, 0.05) is 38.4 Å². The van der Waals surface area contributed by atoms with Gasteiger partial charge >= 0.3 is 6.18 Å². The molecule has 7 heteroatoms. The monoisotopic (exact) mass is 332 g/mol. The number of aliphatic hydroxyl groups is 1. The van der Waals surface area contributed by atoms with Crippen molar-refractivity contribution in [2.24, 2.45) is 5.92 Å². The number of methoxy groups -OCH3 is 1. The molecule has 1 fully saturated rings. The van der Waals surface area contributed by atoms with Crippen LogP contribution in [0, 0.1) is 12.8 Å². The molecule has 0 saturated carbocycles. The topological polar surface area (TPSA) is 45.6 Å². The lowest BCUT2D eigenvalue weighted by Gasteiger charge is -2.43. The summed E-state index contributed by atoms with van der Waals surface area (Å²) in [5, 5.41) is 10.7. The molecule has 0 radical (unpaired) electrons. The quantitative estimate of drug-likeness (QED) is 0.921. The fourth-order valence-electron chi connectivity index (χ4n) is 3.00. The fourth-order valence-corrected chi connectivity index (χ4v) is 3.00. The highest BCUT2D eigenvalue weighted by molar-refractivity contribution is 5.44. The number of piperidine rings is 1. The van der Waals surface area contributed by atoms with E-state index in [9.17, 15) is 18.3 Å². The van der Waals surface area contributed by atoms with E-state index in [4.69, 9.17) is 4.74 Å². The van der Waals surface area contributed by atoms with Gasteiger partial charge in [-0.3, -0.25) is 0 Å². The summed E-state index contributed by atoms with van der Waals surface area (Å²) < 4.78 is 43.9. The fraction of sp³-hybridized carbons (Fsp3) is 0.688. The first-order valence-corrected chi connectivity index (χ1v) is 7.68. The van der Waals surface area contributed by atoms with Crippen molar-refractivity contribution in [2.45, 2.75) is 38.5 Å². The Kier molecular flexibility index (Phi) is 5.20. The van der Waals surface area contributed by atoms with Crippen molar-refractivity contribution in [2.75, 3.05) is 31.7 Å². The largest absolute Gasteiger partial charge is 0.416 e. The molecular formula is C16H23F3N2O2. The smallest absolute Gasteiger partial charge is 0.389 e. The Morgan fingerprint density at radius 2 is 2.13 bits per heavy atom. The third kappa shape index (κ3) is 4.14. The minimum absolute atomic E-state index is 0.0805. The standard InChI is InChI=1S/C16H23F3N2O2/c1-11-10-21(6-4-15(11,22)5-7-23-3)14-9-13(16(17,18)19)8-12(2)20-14/h8-9,11,22H,4-7,10H2,1-3H3/t11-,15-/m1/s1. The third-order valence-corrected chi connectivity index (χ3v) is 4.56. The van der Waals surface area contributed by atoms with E-state index < -0.39 is 17.3 Å². The zero-order valence-corrected chi connectivity index (χ0v) is 13.7. The van der Waals surface area contributed by atoms with Crippen LogP contribution in [0.5, 0.6) is 0 Å². The molecule has 23 heavy (non-hydrogen) atoms. The van der Waals surface area contributed by atoms with Gasteiger partial charge in [0.05, 0.1) is 11.2 Å². The van der Waals surface area contributed by atoms with E-state index in [0.717, 1.165) is 12.1 Å². The molecule has 2 heterocycles. The highest BCUT2D eigenvalue weighted by Gasteiger charge is 2.39. The summed E-state index contributed by atoms with van der Waals surface area (Å²) in [5.41, 5.74) is -1.20. The van der Waals surface area contributed by atoms with E-state index in [-0.39, 0.29) is 5.92 Å². The number of pyridine rings is 1. The molecule has 1 aliphatic rings. The number of aromatic nitrogens is 1. The molecule has 2 rings (SSSR count). The van der Waals surface area contributed by atoms with Crippen molar-refractivity contribution in [1.82, 2.24) is 4.98 Å². The van der Waals surface area contributed by atoms with Gasteiger partial charge in [0.1, 0.15) is 5.82 Å². The average Bonchev–Trinajstić information content (AvgIpc) is 2.47. The molecule has 0 amide bonds. The predicted octanol–water partition coefficient (Wildman–Crippen LogP) is 3.02. The lowest BCUT2D eigenvalue weighted by molar-refractivity contribution is -0.137. The summed E-state index contributed by atoms with van der Waals surface area (Å²) in [6.45, 7) is 4.86. The van der Waals surface area contributed by atoms with Crippen molar-refractivity contribution >= 4 is 5.82 Å². The Labute approximate surface area is 134 Å². The van der Waals surface area contributed by atoms with E-state index in [2.05, 4.69) is 4.98 Å². The van der Waals surface area contributed by atoms with Crippen molar-refractivity contribution in [3.63, 3.8) is 0 Å². The Bertz CT molecular complexity index is 551. The van der Waals surface area contributed by atoms with Crippen LogP contribution < -0.4 is 4.90 Å².